The average molecular weight is 526 g/mol. The van der Waals surface area contributed by atoms with E-state index in [1.165, 1.54) is 16.8 Å². The van der Waals surface area contributed by atoms with Crippen LogP contribution in [0.1, 0.15) is 68.6 Å². The molecule has 2 N–H and O–H groups in total. The summed E-state index contributed by atoms with van der Waals surface area (Å²) in [5.41, 5.74) is 8.55. The van der Waals surface area contributed by atoms with Crippen molar-refractivity contribution in [2.24, 2.45) is 0 Å². The Morgan fingerprint density at radius 3 is 2.61 bits per heavy atom. The van der Waals surface area contributed by atoms with Crippen molar-refractivity contribution in [3.63, 3.8) is 0 Å². The highest BCUT2D eigenvalue weighted by atomic mass is 32.1. The zero-order valence-corrected chi connectivity index (χ0v) is 23.7. The molecule has 5 rings (SSSR count). The quantitative estimate of drug-likeness (QED) is 0.369. The lowest BCUT2D eigenvalue weighted by Gasteiger charge is -2.41. The summed E-state index contributed by atoms with van der Waals surface area (Å²) >= 11 is 5.93. The maximum Gasteiger partial charge on any atom is 0.224 e. The molecule has 2 aliphatic heterocycles. The van der Waals surface area contributed by atoms with Crippen LogP contribution in [0.3, 0.4) is 0 Å². The molecule has 0 radical (unpaired) electrons. The molecule has 0 aliphatic carbocycles. The number of rotatable bonds is 5. The van der Waals surface area contributed by atoms with Crippen molar-refractivity contribution < 1.29 is 4.79 Å². The molecular formula is C31H35N5OS. The van der Waals surface area contributed by atoms with Gasteiger partial charge in [0.25, 0.3) is 0 Å². The van der Waals surface area contributed by atoms with E-state index in [4.69, 9.17) is 17.2 Å². The van der Waals surface area contributed by atoms with Crippen LogP contribution in [0.25, 0.3) is 5.57 Å². The second-order valence-corrected chi connectivity index (χ2v) is 11.1. The lowest BCUT2D eigenvalue weighted by atomic mass is 9.86. The van der Waals surface area contributed by atoms with Crippen molar-refractivity contribution in [1.29, 1.82) is 0 Å². The van der Waals surface area contributed by atoms with Crippen LogP contribution in [-0.2, 0) is 4.79 Å². The Labute approximate surface area is 230 Å². The highest BCUT2D eigenvalue weighted by Gasteiger charge is 2.41. The number of allylic oxidation sites excluding steroid dienone is 1. The molecule has 1 fully saturated rings. The number of hydrogen-bond acceptors (Lipinski definition) is 4. The first-order chi connectivity index (χ1) is 18.1. The van der Waals surface area contributed by atoms with E-state index in [1.807, 2.05) is 50.4 Å². The normalized spacial score (nSPS) is 20.1. The Kier molecular flexibility index (Phi) is 6.73. The largest absolute Gasteiger partial charge is 0.366 e. The summed E-state index contributed by atoms with van der Waals surface area (Å²) in [6.45, 7) is 10.5. The van der Waals surface area contributed by atoms with Crippen LogP contribution in [0.2, 0.25) is 0 Å². The Balaban J connectivity index is 1.61. The van der Waals surface area contributed by atoms with Crippen LogP contribution in [0.4, 0.5) is 17.1 Å². The number of anilines is 3. The number of carbonyl (C=O) groups is 1. The van der Waals surface area contributed by atoms with Crippen LogP contribution in [0.15, 0.2) is 66.9 Å². The van der Waals surface area contributed by atoms with Crippen LogP contribution < -0.4 is 20.4 Å². The van der Waals surface area contributed by atoms with Gasteiger partial charge < -0.3 is 20.4 Å². The van der Waals surface area contributed by atoms with Crippen molar-refractivity contribution in [1.82, 2.24) is 10.3 Å². The zero-order chi connectivity index (χ0) is 27.2. The number of amides is 1. The number of aromatic nitrogens is 1. The number of fused-ring (bicyclic) bond motifs is 1. The van der Waals surface area contributed by atoms with E-state index in [0.29, 0.717) is 11.5 Å². The van der Waals surface area contributed by atoms with Gasteiger partial charge in [-0.2, -0.15) is 0 Å². The average Bonchev–Trinajstić information content (AvgIpc) is 3.25. The van der Waals surface area contributed by atoms with Gasteiger partial charge in [0.05, 0.1) is 23.3 Å². The number of hydrogen-bond donors (Lipinski definition) is 2. The monoisotopic (exact) mass is 525 g/mol. The number of carbonyl (C=O) groups excluding carboxylic acids is 1. The van der Waals surface area contributed by atoms with Crippen molar-refractivity contribution in [3.05, 3.63) is 89.3 Å². The third-order valence-corrected chi connectivity index (χ3v) is 8.08. The molecule has 0 saturated carbocycles. The number of benzene rings is 2. The Hall–Kier alpha value is -3.71. The number of nitrogens with one attached hydrogen (secondary N) is 2. The van der Waals surface area contributed by atoms with Gasteiger partial charge >= 0.3 is 0 Å². The van der Waals surface area contributed by atoms with Gasteiger partial charge in [0.1, 0.15) is 0 Å². The molecule has 3 heterocycles. The second kappa shape index (κ2) is 9.87. The van der Waals surface area contributed by atoms with Gasteiger partial charge in [0, 0.05) is 42.3 Å². The minimum Gasteiger partial charge on any atom is -0.366 e. The van der Waals surface area contributed by atoms with E-state index in [1.54, 1.807) is 0 Å². The SMILES string of the molecule is CCC(=O)Nc1ccc(N2C(=S)N[C@@H](c3ccccn3)[C@H]2c2ccc3c(c2)C(C)=CC(C)(C)N3C)cc1C. The molecule has 2 aliphatic rings. The number of aryl methyl sites for hydroxylation is 1. The molecule has 0 spiro atoms. The molecule has 38 heavy (non-hydrogen) atoms. The van der Waals surface area contributed by atoms with E-state index in [0.717, 1.165) is 28.2 Å². The minimum atomic E-state index is -0.122. The summed E-state index contributed by atoms with van der Waals surface area (Å²) in [5, 5.41) is 7.20. The summed E-state index contributed by atoms with van der Waals surface area (Å²) in [6, 6.07) is 18.6. The van der Waals surface area contributed by atoms with Crippen molar-refractivity contribution in [3.8, 4) is 0 Å². The van der Waals surface area contributed by atoms with Crippen LogP contribution in [0.5, 0.6) is 0 Å². The number of pyridine rings is 1. The summed E-state index contributed by atoms with van der Waals surface area (Å²) in [5.74, 6) is -0.00191. The first kappa shape index (κ1) is 25.9. The first-order valence-electron chi connectivity index (χ1n) is 13.1. The molecule has 1 saturated heterocycles. The topological polar surface area (TPSA) is 60.5 Å². The lowest BCUT2D eigenvalue weighted by Crippen LogP contribution is -2.42. The Bertz CT molecular complexity index is 1430. The summed E-state index contributed by atoms with van der Waals surface area (Å²) in [7, 11) is 2.15. The van der Waals surface area contributed by atoms with Gasteiger partial charge in [0.15, 0.2) is 5.11 Å². The lowest BCUT2D eigenvalue weighted by molar-refractivity contribution is -0.115. The minimum absolute atomic E-state index is 0.00191. The molecule has 7 heteroatoms. The molecule has 3 aromatic rings. The van der Waals surface area contributed by atoms with Crippen molar-refractivity contribution >= 4 is 45.9 Å². The third kappa shape index (κ3) is 4.56. The number of thiocarbonyl (C=S) groups is 1. The van der Waals surface area contributed by atoms with E-state index in [-0.39, 0.29) is 23.5 Å². The molecule has 0 bridgehead atoms. The summed E-state index contributed by atoms with van der Waals surface area (Å²) in [4.78, 5) is 21.2. The Morgan fingerprint density at radius 2 is 1.92 bits per heavy atom. The molecule has 0 unspecified atom stereocenters. The molecule has 2 atom stereocenters. The summed E-state index contributed by atoms with van der Waals surface area (Å²) in [6.07, 6.45) is 4.59. The molecular weight excluding hydrogens is 490 g/mol. The zero-order valence-electron chi connectivity index (χ0n) is 22.9. The van der Waals surface area contributed by atoms with E-state index < -0.39 is 0 Å². The van der Waals surface area contributed by atoms with Gasteiger partial charge in [-0.15, -0.1) is 0 Å². The van der Waals surface area contributed by atoms with Gasteiger partial charge in [-0.1, -0.05) is 25.1 Å². The van der Waals surface area contributed by atoms with Crippen LogP contribution in [-0.4, -0.2) is 28.6 Å². The van der Waals surface area contributed by atoms with E-state index in [9.17, 15) is 4.79 Å². The molecule has 2 aromatic carbocycles. The fraction of sp³-hybridized carbons (Fsp3) is 0.323. The molecule has 6 nitrogen and oxygen atoms in total. The van der Waals surface area contributed by atoms with Gasteiger partial charge in [-0.25, -0.2) is 0 Å². The number of nitrogens with zero attached hydrogens (tertiary/aromatic N) is 3. The molecule has 1 amide bonds. The third-order valence-electron chi connectivity index (χ3n) is 7.76. The van der Waals surface area contributed by atoms with Crippen LogP contribution in [0, 0.1) is 6.92 Å². The Morgan fingerprint density at radius 1 is 1.13 bits per heavy atom. The predicted octanol–water partition coefficient (Wildman–Crippen LogP) is 6.55. The fourth-order valence-corrected chi connectivity index (χ4v) is 5.86. The van der Waals surface area contributed by atoms with Gasteiger partial charge in [-0.3, -0.25) is 9.78 Å². The second-order valence-electron chi connectivity index (χ2n) is 10.7. The standard InChI is InChI=1S/C31H35N5OS/c1-7-27(37)33-24-13-12-22(16-19(24)2)36-29(28(34-30(36)38)25-10-8-9-15-32-25)21-11-14-26-23(17-21)20(3)18-31(4,5)35(26)6/h8-18,28-29H,7H2,1-6H3,(H,33,37)(H,34,38)/t28-,29+/m0/s1. The molecule has 196 valence electrons. The van der Waals surface area contributed by atoms with Crippen molar-refractivity contribution in [2.75, 3.05) is 22.2 Å². The van der Waals surface area contributed by atoms with Gasteiger partial charge in [-0.05, 0) is 99.1 Å². The predicted molar refractivity (Wildman–Crippen MR) is 161 cm³/mol. The van der Waals surface area contributed by atoms with E-state index in [2.05, 4.69) is 78.6 Å². The van der Waals surface area contributed by atoms with Gasteiger partial charge in [0.2, 0.25) is 5.91 Å². The van der Waals surface area contributed by atoms with Crippen molar-refractivity contribution in [2.45, 2.75) is 58.7 Å². The highest BCUT2D eigenvalue weighted by Crippen LogP contribution is 2.45. The fourth-order valence-electron chi connectivity index (χ4n) is 5.51. The van der Waals surface area contributed by atoms with E-state index >= 15 is 0 Å². The smallest absolute Gasteiger partial charge is 0.224 e. The molecule has 1 aromatic heterocycles. The highest BCUT2D eigenvalue weighted by molar-refractivity contribution is 7.80. The van der Waals surface area contributed by atoms with Crippen LogP contribution >= 0.6 is 12.2 Å². The maximum absolute atomic E-state index is 12.0. The number of likely N-dealkylation sites (N-methyl/N-ethyl adjacent to an activating group) is 1. The maximum atomic E-state index is 12.0. The first-order valence-corrected chi connectivity index (χ1v) is 13.5. The summed E-state index contributed by atoms with van der Waals surface area (Å²) < 4.78 is 0.